The Labute approximate surface area is 161 Å². The van der Waals surface area contributed by atoms with E-state index in [1.807, 2.05) is 6.07 Å². The zero-order chi connectivity index (χ0) is 17.2. The van der Waals surface area contributed by atoms with Crippen LogP contribution in [0.2, 0.25) is 10.0 Å². The largest absolute Gasteiger partial charge is 0.372 e. The van der Waals surface area contributed by atoms with Crippen LogP contribution in [-0.4, -0.2) is 18.1 Å². The highest BCUT2D eigenvalue weighted by atomic mass is 35.5. The summed E-state index contributed by atoms with van der Waals surface area (Å²) < 4.78 is 0. The van der Waals surface area contributed by atoms with Gasteiger partial charge >= 0.3 is 0 Å². The number of thiazole rings is 1. The molecule has 2 aromatic carbocycles. The maximum Gasteiger partial charge on any atom is 0.187 e. The number of rotatable bonds is 4. The van der Waals surface area contributed by atoms with Gasteiger partial charge in [0.25, 0.3) is 0 Å². The predicted octanol–water partition coefficient (Wildman–Crippen LogP) is 6.46. The molecule has 1 saturated heterocycles. The van der Waals surface area contributed by atoms with Crippen LogP contribution < -0.4 is 10.2 Å². The minimum atomic E-state index is 0.529. The molecule has 0 radical (unpaired) electrons. The average molecular weight is 390 g/mol. The van der Waals surface area contributed by atoms with E-state index in [1.165, 1.54) is 18.5 Å². The normalized spacial score (nSPS) is 14.1. The second kappa shape index (κ2) is 7.24. The van der Waals surface area contributed by atoms with E-state index in [0.29, 0.717) is 10.0 Å². The maximum absolute atomic E-state index is 6.06. The van der Waals surface area contributed by atoms with E-state index in [1.54, 1.807) is 23.5 Å². The second-order valence-corrected chi connectivity index (χ2v) is 7.71. The standard InChI is InChI=1S/C19H17Cl2N3S/c20-16-8-5-14(11-17(16)21)22-19-23-18(12-25-19)13-3-6-15(7-4-13)24-9-1-2-10-24/h3-8,11-12H,1-2,9-10H2,(H,22,23). The van der Waals surface area contributed by atoms with Crippen LogP contribution in [0, 0.1) is 0 Å². The van der Waals surface area contributed by atoms with Gasteiger partial charge in [-0.05, 0) is 43.2 Å². The van der Waals surface area contributed by atoms with Gasteiger partial charge in [-0.3, -0.25) is 0 Å². The zero-order valence-electron chi connectivity index (χ0n) is 13.5. The first-order valence-corrected chi connectivity index (χ1v) is 9.85. The van der Waals surface area contributed by atoms with Gasteiger partial charge in [-0.25, -0.2) is 4.98 Å². The monoisotopic (exact) mass is 389 g/mol. The summed E-state index contributed by atoms with van der Waals surface area (Å²) in [4.78, 5) is 7.11. The maximum atomic E-state index is 6.06. The molecular weight excluding hydrogens is 373 g/mol. The Morgan fingerprint density at radius 2 is 1.72 bits per heavy atom. The molecule has 4 rings (SSSR count). The average Bonchev–Trinajstić information content (AvgIpc) is 3.30. The lowest BCUT2D eigenvalue weighted by molar-refractivity contribution is 0.949. The third kappa shape index (κ3) is 3.76. The quantitative estimate of drug-likeness (QED) is 0.554. The number of hydrogen-bond acceptors (Lipinski definition) is 4. The van der Waals surface area contributed by atoms with Crippen molar-refractivity contribution >= 4 is 51.0 Å². The SMILES string of the molecule is Clc1ccc(Nc2nc(-c3ccc(N4CCCC4)cc3)cs2)cc1Cl. The molecule has 0 amide bonds. The van der Waals surface area contributed by atoms with Crippen LogP contribution in [0.15, 0.2) is 47.8 Å². The summed E-state index contributed by atoms with van der Waals surface area (Å²) in [5.74, 6) is 0. The summed E-state index contributed by atoms with van der Waals surface area (Å²) in [6.45, 7) is 2.32. The van der Waals surface area contributed by atoms with Crippen molar-refractivity contribution in [1.29, 1.82) is 0 Å². The molecule has 0 bridgehead atoms. The molecule has 0 aliphatic carbocycles. The van der Waals surface area contributed by atoms with Gasteiger partial charge in [-0.15, -0.1) is 11.3 Å². The Hall–Kier alpha value is -1.75. The number of nitrogens with zero attached hydrogens (tertiary/aromatic N) is 2. The fraction of sp³-hybridized carbons (Fsp3) is 0.211. The van der Waals surface area contributed by atoms with Crippen LogP contribution in [0.25, 0.3) is 11.3 Å². The highest BCUT2D eigenvalue weighted by Crippen LogP contribution is 2.31. The van der Waals surface area contributed by atoms with E-state index in [4.69, 9.17) is 23.2 Å². The third-order valence-electron chi connectivity index (χ3n) is 4.31. The first-order chi connectivity index (χ1) is 12.2. The van der Waals surface area contributed by atoms with Gasteiger partial charge in [0.15, 0.2) is 5.13 Å². The van der Waals surface area contributed by atoms with Gasteiger partial charge in [0, 0.05) is 35.4 Å². The van der Waals surface area contributed by atoms with Crippen LogP contribution in [-0.2, 0) is 0 Å². The molecule has 1 aliphatic rings. The lowest BCUT2D eigenvalue weighted by Gasteiger charge is -2.17. The van der Waals surface area contributed by atoms with Crippen molar-refractivity contribution in [3.63, 3.8) is 0 Å². The van der Waals surface area contributed by atoms with Crippen molar-refractivity contribution in [2.24, 2.45) is 0 Å². The van der Waals surface area contributed by atoms with Gasteiger partial charge in [0.1, 0.15) is 0 Å². The minimum Gasteiger partial charge on any atom is -0.372 e. The molecule has 1 N–H and O–H groups in total. The van der Waals surface area contributed by atoms with E-state index < -0.39 is 0 Å². The van der Waals surface area contributed by atoms with Crippen molar-refractivity contribution in [2.45, 2.75) is 12.8 Å². The van der Waals surface area contributed by atoms with Crippen LogP contribution >= 0.6 is 34.5 Å². The minimum absolute atomic E-state index is 0.529. The summed E-state index contributed by atoms with van der Waals surface area (Å²) in [6.07, 6.45) is 2.58. The van der Waals surface area contributed by atoms with Crippen LogP contribution in [0.3, 0.4) is 0 Å². The zero-order valence-corrected chi connectivity index (χ0v) is 15.8. The van der Waals surface area contributed by atoms with Crippen molar-refractivity contribution in [3.05, 3.63) is 57.9 Å². The Morgan fingerprint density at radius 1 is 0.960 bits per heavy atom. The molecule has 128 valence electrons. The van der Waals surface area contributed by atoms with Crippen LogP contribution in [0.5, 0.6) is 0 Å². The highest BCUT2D eigenvalue weighted by Gasteiger charge is 2.12. The molecule has 6 heteroatoms. The molecule has 1 fully saturated rings. The lowest BCUT2D eigenvalue weighted by atomic mass is 10.1. The topological polar surface area (TPSA) is 28.2 Å². The summed E-state index contributed by atoms with van der Waals surface area (Å²) in [7, 11) is 0. The molecule has 0 unspecified atom stereocenters. The van der Waals surface area contributed by atoms with Crippen molar-refractivity contribution in [3.8, 4) is 11.3 Å². The van der Waals surface area contributed by atoms with Crippen molar-refractivity contribution < 1.29 is 0 Å². The van der Waals surface area contributed by atoms with Crippen molar-refractivity contribution in [1.82, 2.24) is 4.98 Å². The van der Waals surface area contributed by atoms with Gasteiger partial charge in [-0.2, -0.15) is 0 Å². The second-order valence-electron chi connectivity index (χ2n) is 6.03. The van der Waals surface area contributed by atoms with E-state index in [9.17, 15) is 0 Å². The van der Waals surface area contributed by atoms with Gasteiger partial charge in [-0.1, -0.05) is 35.3 Å². The van der Waals surface area contributed by atoms with Gasteiger partial charge in [0.2, 0.25) is 0 Å². The Balaban J connectivity index is 1.49. The van der Waals surface area contributed by atoms with E-state index in [2.05, 4.69) is 44.8 Å². The lowest BCUT2D eigenvalue weighted by Crippen LogP contribution is -2.17. The molecule has 0 atom stereocenters. The fourth-order valence-electron chi connectivity index (χ4n) is 2.98. The number of aromatic nitrogens is 1. The molecule has 3 nitrogen and oxygen atoms in total. The Kier molecular flexibility index (Phi) is 4.84. The molecular formula is C19H17Cl2N3S. The third-order valence-corrected chi connectivity index (χ3v) is 5.81. The molecule has 0 saturated carbocycles. The highest BCUT2D eigenvalue weighted by molar-refractivity contribution is 7.14. The molecule has 1 aliphatic heterocycles. The predicted molar refractivity (Wildman–Crippen MR) is 109 cm³/mol. The van der Waals surface area contributed by atoms with E-state index in [-0.39, 0.29) is 0 Å². The van der Waals surface area contributed by atoms with Crippen LogP contribution in [0.1, 0.15) is 12.8 Å². The number of hydrogen-bond donors (Lipinski definition) is 1. The number of halogens is 2. The first kappa shape index (κ1) is 16.7. The molecule has 3 aromatic rings. The summed E-state index contributed by atoms with van der Waals surface area (Å²) >= 11 is 13.6. The molecule has 0 spiro atoms. The van der Waals surface area contributed by atoms with E-state index >= 15 is 0 Å². The molecule has 2 heterocycles. The fourth-order valence-corrected chi connectivity index (χ4v) is 4.02. The first-order valence-electron chi connectivity index (χ1n) is 8.22. The van der Waals surface area contributed by atoms with Crippen molar-refractivity contribution in [2.75, 3.05) is 23.3 Å². The molecule has 25 heavy (non-hydrogen) atoms. The Morgan fingerprint density at radius 3 is 2.44 bits per heavy atom. The summed E-state index contributed by atoms with van der Waals surface area (Å²) in [5, 5.41) is 7.24. The van der Waals surface area contributed by atoms with Gasteiger partial charge < -0.3 is 10.2 Å². The van der Waals surface area contributed by atoms with Gasteiger partial charge in [0.05, 0.1) is 15.7 Å². The smallest absolute Gasteiger partial charge is 0.187 e. The van der Waals surface area contributed by atoms with E-state index in [0.717, 1.165) is 35.2 Å². The summed E-state index contributed by atoms with van der Waals surface area (Å²) in [6, 6.07) is 14.1. The van der Waals surface area contributed by atoms with Crippen LogP contribution in [0.4, 0.5) is 16.5 Å². The number of benzene rings is 2. The summed E-state index contributed by atoms with van der Waals surface area (Å²) in [5.41, 5.74) is 4.27. The number of anilines is 3. The molecule has 1 aromatic heterocycles. The Bertz CT molecular complexity index is 871. The number of nitrogens with one attached hydrogen (secondary N) is 1.